The zero-order valence-electron chi connectivity index (χ0n) is 21.9. The van der Waals surface area contributed by atoms with Crippen LogP contribution < -0.4 is 25.2 Å². The summed E-state index contributed by atoms with van der Waals surface area (Å²) in [5.41, 5.74) is -0.401. The Kier molecular flexibility index (Phi) is 7.11. The van der Waals surface area contributed by atoms with Crippen LogP contribution in [0.4, 0.5) is 5.95 Å². The molecule has 1 saturated heterocycles. The number of aromatic carboxylic acids is 2. The molecule has 3 aromatic heterocycles. The van der Waals surface area contributed by atoms with Crippen LogP contribution >= 0.6 is 0 Å². The summed E-state index contributed by atoms with van der Waals surface area (Å²) in [7, 11) is 0. The number of hydrogen-bond donors (Lipinski definition) is 2. The number of anilines is 1. The molecule has 5 heterocycles. The van der Waals surface area contributed by atoms with Gasteiger partial charge in [0.25, 0.3) is 0 Å². The number of nitrogens with zero attached hydrogens (tertiary/aromatic N) is 5. The van der Waals surface area contributed by atoms with Crippen molar-refractivity contribution < 1.29 is 29.3 Å². The van der Waals surface area contributed by atoms with Crippen LogP contribution in [0.2, 0.25) is 0 Å². The summed E-state index contributed by atoms with van der Waals surface area (Å²) in [6.07, 6.45) is 6.37. The van der Waals surface area contributed by atoms with Crippen molar-refractivity contribution in [3.05, 3.63) is 62.3 Å². The predicted molar refractivity (Wildman–Crippen MR) is 145 cm³/mol. The first kappa shape index (κ1) is 26.7. The third kappa shape index (κ3) is 4.70. The summed E-state index contributed by atoms with van der Waals surface area (Å²) in [5, 5.41) is 18.8. The second-order valence-electron chi connectivity index (χ2n) is 9.25. The molecular weight excluding hydrogens is 522 g/mol. The van der Waals surface area contributed by atoms with Gasteiger partial charge in [-0.1, -0.05) is 0 Å². The molecule has 0 atom stereocenters. The lowest BCUT2D eigenvalue weighted by Crippen LogP contribution is -2.23. The van der Waals surface area contributed by atoms with Gasteiger partial charge in [0, 0.05) is 50.8 Å². The number of hydrogen-bond acceptors (Lipinski definition) is 9. The Morgan fingerprint density at radius 1 is 0.875 bits per heavy atom. The lowest BCUT2D eigenvalue weighted by atomic mass is 10.1. The lowest BCUT2D eigenvalue weighted by molar-refractivity contribution is 0.0684. The second-order valence-corrected chi connectivity index (χ2v) is 9.25. The second kappa shape index (κ2) is 10.7. The molecule has 0 radical (unpaired) electrons. The first-order chi connectivity index (χ1) is 19.2. The highest BCUT2D eigenvalue weighted by Crippen LogP contribution is 2.35. The third-order valence-corrected chi connectivity index (χ3v) is 6.91. The van der Waals surface area contributed by atoms with Crippen molar-refractivity contribution in [2.24, 2.45) is 0 Å². The van der Waals surface area contributed by atoms with E-state index < -0.39 is 22.8 Å². The van der Waals surface area contributed by atoms with Gasteiger partial charge < -0.3 is 33.7 Å². The van der Waals surface area contributed by atoms with Crippen molar-refractivity contribution in [3.8, 4) is 11.5 Å². The minimum absolute atomic E-state index is 0.109. The van der Waals surface area contributed by atoms with Crippen LogP contribution in [-0.2, 0) is 13.1 Å². The van der Waals surface area contributed by atoms with Gasteiger partial charge in [0.2, 0.25) is 23.6 Å². The van der Waals surface area contributed by atoms with Crippen molar-refractivity contribution in [1.82, 2.24) is 19.1 Å². The number of aryl methyl sites for hydroxylation is 2. The molecule has 13 heteroatoms. The molecule has 6 rings (SSSR count). The Morgan fingerprint density at radius 3 is 2.05 bits per heavy atom. The van der Waals surface area contributed by atoms with Crippen molar-refractivity contribution in [2.75, 3.05) is 24.8 Å². The number of aromatic nitrogens is 4. The normalized spacial score (nSPS) is 13.9. The number of pyridine rings is 2. The summed E-state index contributed by atoms with van der Waals surface area (Å²) in [4.78, 5) is 57.4. The molecule has 13 nitrogen and oxygen atoms in total. The maximum absolute atomic E-state index is 12.2. The summed E-state index contributed by atoms with van der Waals surface area (Å²) < 4.78 is 13.9. The average Bonchev–Trinajstić information content (AvgIpc) is 3.65. The molecular formula is C27H27N5O8. The van der Waals surface area contributed by atoms with E-state index in [0.29, 0.717) is 47.1 Å². The molecule has 208 valence electrons. The molecule has 0 bridgehead atoms. The first-order valence-electron chi connectivity index (χ1n) is 12.8. The highest BCUT2D eigenvalue weighted by molar-refractivity contribution is 5.94. The standard InChI is InChI=1S/C14H16N4O3.C13H11NO5/c1-2-17-8-10(13(20)21)11(19)9-7-15-14(16-12(9)17)18-5-3-4-6-18;1-2-14-5-8(13(16)17)12(15)7-3-10-11(4-9(7)14)19-6-18-10/h7-8H,2-6H2,1H3,(H,20,21);3-5H,2,6H2,1H3,(H,16,17). The molecule has 1 aromatic carbocycles. The van der Waals surface area contributed by atoms with E-state index in [4.69, 9.17) is 19.7 Å². The molecule has 0 spiro atoms. The highest BCUT2D eigenvalue weighted by atomic mass is 16.7. The lowest BCUT2D eigenvalue weighted by Gasteiger charge is -2.16. The fraction of sp³-hybridized carbons (Fsp3) is 0.333. The zero-order chi connectivity index (χ0) is 28.6. The molecule has 40 heavy (non-hydrogen) atoms. The number of rotatable bonds is 5. The zero-order valence-corrected chi connectivity index (χ0v) is 21.9. The number of carbonyl (C=O) groups is 2. The topological polar surface area (TPSA) is 166 Å². The number of fused-ring (bicyclic) bond motifs is 3. The van der Waals surface area contributed by atoms with E-state index >= 15 is 0 Å². The number of benzene rings is 1. The Morgan fingerprint density at radius 2 is 1.45 bits per heavy atom. The first-order valence-corrected chi connectivity index (χ1v) is 12.8. The molecule has 0 amide bonds. The quantitative estimate of drug-likeness (QED) is 0.376. The van der Waals surface area contributed by atoms with Crippen LogP contribution in [0.5, 0.6) is 11.5 Å². The molecule has 4 aromatic rings. The number of ether oxygens (including phenoxy) is 2. The fourth-order valence-corrected chi connectivity index (χ4v) is 4.82. The van der Waals surface area contributed by atoms with Crippen LogP contribution in [0.1, 0.15) is 47.4 Å². The summed E-state index contributed by atoms with van der Waals surface area (Å²) in [5.74, 6) is -0.823. The Labute approximate surface area is 226 Å². The van der Waals surface area contributed by atoms with E-state index in [1.165, 1.54) is 18.6 Å². The third-order valence-electron chi connectivity index (χ3n) is 6.91. The van der Waals surface area contributed by atoms with E-state index in [0.717, 1.165) is 25.9 Å². The molecule has 2 N–H and O–H groups in total. The Bertz CT molecular complexity index is 1770. The maximum Gasteiger partial charge on any atom is 0.341 e. The summed E-state index contributed by atoms with van der Waals surface area (Å²) in [6.45, 7) is 6.78. The van der Waals surface area contributed by atoms with Gasteiger partial charge in [-0.05, 0) is 32.8 Å². The van der Waals surface area contributed by atoms with Crippen molar-refractivity contribution >= 4 is 39.8 Å². The van der Waals surface area contributed by atoms with E-state index in [2.05, 4.69) is 14.9 Å². The molecule has 2 aliphatic heterocycles. The smallest absolute Gasteiger partial charge is 0.341 e. The van der Waals surface area contributed by atoms with Gasteiger partial charge in [-0.2, -0.15) is 4.98 Å². The minimum Gasteiger partial charge on any atom is -0.477 e. The summed E-state index contributed by atoms with van der Waals surface area (Å²) in [6, 6.07) is 3.24. The summed E-state index contributed by atoms with van der Waals surface area (Å²) >= 11 is 0. The number of carboxylic acids is 2. The van der Waals surface area contributed by atoms with Gasteiger partial charge >= 0.3 is 11.9 Å². The predicted octanol–water partition coefficient (Wildman–Crippen LogP) is 2.56. The Hall–Kier alpha value is -4.94. The van der Waals surface area contributed by atoms with Gasteiger partial charge in [0.15, 0.2) is 11.5 Å². The fourth-order valence-electron chi connectivity index (χ4n) is 4.82. The monoisotopic (exact) mass is 549 g/mol. The van der Waals surface area contributed by atoms with Gasteiger partial charge in [-0.3, -0.25) is 9.59 Å². The van der Waals surface area contributed by atoms with Crippen LogP contribution in [0.3, 0.4) is 0 Å². The van der Waals surface area contributed by atoms with Crippen LogP contribution in [0, 0.1) is 0 Å². The molecule has 1 fully saturated rings. The van der Waals surface area contributed by atoms with Crippen LogP contribution in [0.25, 0.3) is 21.9 Å². The van der Waals surface area contributed by atoms with Crippen molar-refractivity contribution in [2.45, 2.75) is 39.8 Å². The molecule has 0 aliphatic carbocycles. The van der Waals surface area contributed by atoms with Gasteiger partial charge in [0.1, 0.15) is 16.8 Å². The molecule has 0 saturated carbocycles. The number of carboxylic acid groups (broad SMARTS) is 2. The van der Waals surface area contributed by atoms with E-state index in [1.54, 1.807) is 21.3 Å². The highest BCUT2D eigenvalue weighted by Gasteiger charge is 2.21. The van der Waals surface area contributed by atoms with Crippen LogP contribution in [-0.4, -0.2) is 61.1 Å². The minimum atomic E-state index is -1.23. The molecule has 2 aliphatic rings. The van der Waals surface area contributed by atoms with E-state index in [9.17, 15) is 19.2 Å². The van der Waals surface area contributed by atoms with Crippen molar-refractivity contribution in [1.29, 1.82) is 0 Å². The maximum atomic E-state index is 12.2. The van der Waals surface area contributed by atoms with Gasteiger partial charge in [0.05, 0.1) is 16.3 Å². The van der Waals surface area contributed by atoms with Crippen LogP contribution in [0.15, 0.2) is 40.3 Å². The van der Waals surface area contributed by atoms with Gasteiger partial charge in [-0.15, -0.1) is 0 Å². The van der Waals surface area contributed by atoms with E-state index in [1.807, 2.05) is 13.8 Å². The SMILES string of the molecule is CCn1cc(C(=O)O)c(=O)c2cc3c(cc21)OCO3.CCn1cc(C(=O)O)c(=O)c2cnc(N3CCCC3)nc21. The average molecular weight is 550 g/mol. The molecule has 0 unspecified atom stereocenters. The largest absolute Gasteiger partial charge is 0.477 e. The van der Waals surface area contributed by atoms with Gasteiger partial charge in [-0.25, -0.2) is 14.6 Å². The Balaban J connectivity index is 0.000000162. The van der Waals surface area contributed by atoms with Crippen molar-refractivity contribution in [3.63, 3.8) is 0 Å². The van der Waals surface area contributed by atoms with E-state index in [-0.39, 0.29) is 23.3 Å².